The lowest BCUT2D eigenvalue weighted by molar-refractivity contribution is -0.149. The van der Waals surface area contributed by atoms with Gasteiger partial charge in [-0.1, -0.05) is 0 Å². The van der Waals surface area contributed by atoms with Gasteiger partial charge in [0.25, 0.3) is 0 Å². The van der Waals surface area contributed by atoms with Gasteiger partial charge >= 0.3 is 5.97 Å². The van der Waals surface area contributed by atoms with Crippen molar-refractivity contribution < 1.29 is 14.3 Å². The van der Waals surface area contributed by atoms with E-state index >= 15 is 0 Å². The van der Waals surface area contributed by atoms with Crippen molar-refractivity contribution in [3.05, 3.63) is 0 Å². The van der Waals surface area contributed by atoms with Crippen molar-refractivity contribution in [2.75, 3.05) is 6.61 Å². The molecule has 3 rings (SSSR count). The van der Waals surface area contributed by atoms with Crippen molar-refractivity contribution in [3.63, 3.8) is 0 Å². The molecule has 0 radical (unpaired) electrons. The number of carbonyl (C=O) groups is 1. The summed E-state index contributed by atoms with van der Waals surface area (Å²) in [5.41, 5.74) is -0.295. The van der Waals surface area contributed by atoms with Crippen LogP contribution in [0, 0.1) is 5.41 Å². The smallest absolute Gasteiger partial charge is 0.316 e. The van der Waals surface area contributed by atoms with Gasteiger partial charge in [0, 0.05) is 6.42 Å². The second kappa shape index (κ2) is 2.39. The van der Waals surface area contributed by atoms with Gasteiger partial charge in [-0.3, -0.25) is 4.79 Å². The van der Waals surface area contributed by atoms with Crippen LogP contribution in [0.15, 0.2) is 0 Å². The number of rotatable bonds is 0. The van der Waals surface area contributed by atoms with Crippen LogP contribution in [0.5, 0.6) is 0 Å². The normalized spacial score (nSPS) is 53.3. The summed E-state index contributed by atoms with van der Waals surface area (Å²) in [6.07, 6.45) is 4.16. The number of halogens is 1. The number of fused-ring (bicyclic) bond motifs is 3. The van der Waals surface area contributed by atoms with Crippen LogP contribution in [0.4, 0.5) is 0 Å². The summed E-state index contributed by atoms with van der Waals surface area (Å²) in [5.74, 6) is -0.0240. The number of alkyl halides is 1. The highest BCUT2D eigenvalue weighted by Gasteiger charge is 2.68. The molecule has 0 aliphatic carbocycles. The Balaban J connectivity index is 2.04. The van der Waals surface area contributed by atoms with Crippen molar-refractivity contribution in [1.82, 2.24) is 0 Å². The molecule has 3 aliphatic heterocycles. The lowest BCUT2D eigenvalue weighted by Crippen LogP contribution is -2.43. The lowest BCUT2D eigenvalue weighted by atomic mass is 9.73. The fourth-order valence-corrected chi connectivity index (χ4v) is 4.23. The number of hydrogen-bond acceptors (Lipinski definition) is 3. The summed E-state index contributed by atoms with van der Waals surface area (Å²) in [6, 6.07) is 0. The third-order valence-electron chi connectivity index (χ3n) is 3.58. The molecule has 1 spiro atoms. The molecule has 3 nitrogen and oxygen atoms in total. The van der Waals surface area contributed by atoms with E-state index < -0.39 is 0 Å². The van der Waals surface area contributed by atoms with Gasteiger partial charge in [-0.25, -0.2) is 0 Å². The predicted molar refractivity (Wildman–Crippen MR) is 53.5 cm³/mol. The minimum atomic E-state index is -0.295. The van der Waals surface area contributed by atoms with Crippen molar-refractivity contribution in [2.45, 2.75) is 35.4 Å². The maximum atomic E-state index is 11.7. The Morgan fingerprint density at radius 3 is 2.77 bits per heavy atom. The number of ether oxygens (including phenoxy) is 2. The van der Waals surface area contributed by atoms with Crippen LogP contribution in [0.3, 0.4) is 0 Å². The zero-order valence-electron chi connectivity index (χ0n) is 7.22. The maximum absolute atomic E-state index is 11.7. The van der Waals surface area contributed by atoms with Crippen molar-refractivity contribution in [1.29, 1.82) is 0 Å². The number of esters is 1. The quantitative estimate of drug-likeness (QED) is 0.387. The zero-order chi connectivity index (χ0) is 9.10. The molecule has 3 saturated heterocycles. The first-order valence-electron chi connectivity index (χ1n) is 4.70. The molecule has 3 fully saturated rings. The lowest BCUT2D eigenvalue weighted by Gasteiger charge is -2.33. The van der Waals surface area contributed by atoms with Gasteiger partial charge in [0.15, 0.2) is 0 Å². The van der Waals surface area contributed by atoms with E-state index in [1.54, 1.807) is 0 Å². The van der Waals surface area contributed by atoms with Gasteiger partial charge in [0.2, 0.25) is 0 Å². The first kappa shape index (κ1) is 8.47. The molecule has 0 aromatic rings. The third-order valence-corrected chi connectivity index (χ3v) is 5.41. The Morgan fingerprint density at radius 1 is 1.46 bits per heavy atom. The Hall–Kier alpha value is 0.160. The molecule has 2 bridgehead atoms. The average molecular weight is 294 g/mol. The largest absolute Gasteiger partial charge is 0.465 e. The molecule has 0 aromatic heterocycles. The van der Waals surface area contributed by atoms with E-state index in [1.807, 2.05) is 0 Å². The van der Waals surface area contributed by atoms with Gasteiger partial charge in [0.1, 0.15) is 9.02 Å². The highest BCUT2D eigenvalue weighted by molar-refractivity contribution is 14.1. The van der Waals surface area contributed by atoms with Gasteiger partial charge in [-0.15, -0.1) is 0 Å². The zero-order valence-corrected chi connectivity index (χ0v) is 9.37. The van der Waals surface area contributed by atoms with Crippen LogP contribution >= 0.6 is 22.6 Å². The van der Waals surface area contributed by atoms with Crippen LogP contribution in [0.1, 0.15) is 25.7 Å². The summed E-state index contributed by atoms with van der Waals surface area (Å²) in [6.45, 7) is 0.583. The maximum Gasteiger partial charge on any atom is 0.316 e. The van der Waals surface area contributed by atoms with Gasteiger partial charge < -0.3 is 9.47 Å². The molecule has 2 unspecified atom stereocenters. The fraction of sp³-hybridized carbons (Fsp3) is 0.889. The van der Waals surface area contributed by atoms with Gasteiger partial charge in [-0.05, 0) is 41.9 Å². The molecule has 3 atom stereocenters. The van der Waals surface area contributed by atoms with E-state index in [9.17, 15) is 4.79 Å². The first-order chi connectivity index (χ1) is 6.16. The number of cyclic esters (lactones) is 1. The Kier molecular flexibility index (Phi) is 1.56. The van der Waals surface area contributed by atoms with E-state index in [1.165, 1.54) is 0 Å². The van der Waals surface area contributed by atoms with Crippen molar-refractivity contribution >= 4 is 28.6 Å². The monoisotopic (exact) mass is 294 g/mol. The highest BCUT2D eigenvalue weighted by Crippen LogP contribution is 2.62. The van der Waals surface area contributed by atoms with Crippen LogP contribution in [0.25, 0.3) is 0 Å². The molecule has 3 aliphatic rings. The molecular weight excluding hydrogens is 283 g/mol. The highest BCUT2D eigenvalue weighted by atomic mass is 127. The summed E-state index contributed by atoms with van der Waals surface area (Å²) in [5, 5.41) is 0. The van der Waals surface area contributed by atoms with Crippen molar-refractivity contribution in [3.8, 4) is 0 Å². The van der Waals surface area contributed by atoms with Crippen LogP contribution in [0.2, 0.25) is 0 Å². The van der Waals surface area contributed by atoms with E-state index in [2.05, 4.69) is 22.6 Å². The average Bonchev–Trinajstić information content (AvgIpc) is 2.67. The van der Waals surface area contributed by atoms with Crippen LogP contribution in [-0.4, -0.2) is 22.3 Å². The molecule has 3 heterocycles. The second-order valence-corrected chi connectivity index (χ2v) is 5.92. The fourth-order valence-electron chi connectivity index (χ4n) is 2.85. The topological polar surface area (TPSA) is 35.5 Å². The van der Waals surface area contributed by atoms with E-state index in [0.29, 0.717) is 12.7 Å². The van der Waals surface area contributed by atoms with Gasteiger partial charge in [-0.2, -0.15) is 0 Å². The van der Waals surface area contributed by atoms with Gasteiger partial charge in [0.05, 0.1) is 12.7 Å². The molecule has 13 heavy (non-hydrogen) atoms. The molecular formula is C9H11IO3. The third kappa shape index (κ3) is 0.862. The van der Waals surface area contributed by atoms with E-state index in [0.717, 1.165) is 25.7 Å². The van der Waals surface area contributed by atoms with Crippen molar-refractivity contribution in [2.24, 2.45) is 5.41 Å². The molecule has 0 aromatic carbocycles. The van der Waals surface area contributed by atoms with E-state index in [4.69, 9.17) is 9.47 Å². The summed E-state index contributed by atoms with van der Waals surface area (Å²) in [7, 11) is 0. The van der Waals surface area contributed by atoms with Crippen LogP contribution < -0.4 is 0 Å². The standard InChI is InChI=1S/C9H11IO3/c10-9-2-1-6(13-9)5-8(9)3-4-12-7(8)11/h6H,1-5H2/t6?,8?,9-/m1/s1. The predicted octanol–water partition coefficient (Wildman–Crippen LogP) is 1.63. The Bertz CT molecular complexity index is 280. The van der Waals surface area contributed by atoms with Crippen LogP contribution in [-0.2, 0) is 14.3 Å². The minimum absolute atomic E-state index is 0.0240. The summed E-state index contributed by atoms with van der Waals surface area (Å²) in [4.78, 5) is 11.7. The minimum Gasteiger partial charge on any atom is -0.465 e. The Morgan fingerprint density at radius 2 is 2.31 bits per heavy atom. The number of carbonyl (C=O) groups excluding carboxylic acids is 1. The second-order valence-electron chi connectivity index (χ2n) is 4.18. The van der Waals surface area contributed by atoms with E-state index in [-0.39, 0.29) is 15.0 Å². The summed E-state index contributed by atoms with van der Waals surface area (Å²) < 4.78 is 10.7. The molecule has 0 N–H and O–H groups in total. The summed E-state index contributed by atoms with van der Waals surface area (Å²) >= 11 is 2.32. The SMILES string of the molecule is O=C1OCCC12CC1CC[C@@]2(I)O1. The first-order valence-corrected chi connectivity index (χ1v) is 5.78. The molecule has 72 valence electrons. The molecule has 4 heteroatoms. The molecule has 0 saturated carbocycles. The number of hydrogen-bond donors (Lipinski definition) is 0. The Labute approximate surface area is 90.3 Å². The molecule has 0 amide bonds.